The molecule has 8 heteroatoms. The Labute approximate surface area is 155 Å². The second kappa shape index (κ2) is 9.29. The molecule has 0 radical (unpaired) electrons. The van der Waals surface area contributed by atoms with E-state index in [0.717, 1.165) is 0 Å². The summed E-state index contributed by atoms with van der Waals surface area (Å²) in [7, 11) is 0. The van der Waals surface area contributed by atoms with Crippen molar-refractivity contribution in [1.29, 1.82) is 5.26 Å². The van der Waals surface area contributed by atoms with E-state index in [1.807, 2.05) is 6.07 Å². The molecule has 1 amide bonds. The van der Waals surface area contributed by atoms with E-state index in [1.165, 1.54) is 12.1 Å². The van der Waals surface area contributed by atoms with Crippen LogP contribution in [0.4, 0.5) is 8.78 Å². The average molecular weight is 373 g/mol. The third-order valence-electron chi connectivity index (χ3n) is 3.50. The summed E-state index contributed by atoms with van der Waals surface area (Å²) < 4.78 is 34.0. The van der Waals surface area contributed by atoms with Gasteiger partial charge in [0.2, 0.25) is 0 Å². The number of halogens is 2. The van der Waals surface area contributed by atoms with Crippen LogP contribution in [0.2, 0.25) is 0 Å². The number of hydrazone groups is 1. The van der Waals surface area contributed by atoms with Gasteiger partial charge in [-0.3, -0.25) is 4.79 Å². The van der Waals surface area contributed by atoms with E-state index in [9.17, 15) is 13.6 Å². The van der Waals surface area contributed by atoms with E-state index >= 15 is 0 Å². The zero-order chi connectivity index (χ0) is 19.8. The van der Waals surface area contributed by atoms with Crippen LogP contribution in [0, 0.1) is 11.3 Å². The van der Waals surface area contributed by atoms with Crippen molar-refractivity contribution in [2.45, 2.75) is 26.6 Å². The molecule has 2 rings (SSSR count). The fourth-order valence-corrected chi connectivity index (χ4v) is 2.04. The number of ether oxygens (including phenoxy) is 2. The molecule has 0 aliphatic rings. The molecule has 2 aromatic carbocycles. The minimum absolute atomic E-state index is 0.0371. The molecule has 0 bridgehead atoms. The second-order valence-electron chi connectivity index (χ2n) is 5.47. The molecule has 27 heavy (non-hydrogen) atoms. The van der Waals surface area contributed by atoms with Crippen molar-refractivity contribution in [2.24, 2.45) is 5.10 Å². The molecule has 1 unspecified atom stereocenters. The van der Waals surface area contributed by atoms with Crippen LogP contribution in [0.3, 0.4) is 0 Å². The Hall–Kier alpha value is -3.47. The summed E-state index contributed by atoms with van der Waals surface area (Å²) in [5.74, 6) is 0.0263. The predicted molar refractivity (Wildman–Crippen MR) is 94.7 cm³/mol. The molecule has 0 fully saturated rings. The number of benzene rings is 2. The van der Waals surface area contributed by atoms with Crippen molar-refractivity contribution in [3.05, 3.63) is 59.7 Å². The fourth-order valence-electron chi connectivity index (χ4n) is 2.04. The minimum Gasteiger partial charge on any atom is -0.481 e. The van der Waals surface area contributed by atoms with Gasteiger partial charge in [-0.15, -0.1) is 0 Å². The molecule has 0 aliphatic carbocycles. The van der Waals surface area contributed by atoms with E-state index in [1.54, 1.807) is 50.2 Å². The first-order valence-corrected chi connectivity index (χ1v) is 7.95. The number of carbonyl (C=O) groups is 1. The van der Waals surface area contributed by atoms with Crippen molar-refractivity contribution in [3.8, 4) is 17.6 Å². The first kappa shape index (κ1) is 19.8. The Morgan fingerprint density at radius 2 is 1.63 bits per heavy atom. The zero-order valence-corrected chi connectivity index (χ0v) is 14.6. The normalized spacial score (nSPS) is 12.2. The number of hydrogen-bond acceptors (Lipinski definition) is 5. The molecule has 1 N–H and O–H groups in total. The largest absolute Gasteiger partial charge is 0.481 e. The summed E-state index contributed by atoms with van der Waals surface area (Å²) in [5, 5.41) is 12.7. The quantitative estimate of drug-likeness (QED) is 0.595. The van der Waals surface area contributed by atoms with Crippen LogP contribution in [0.15, 0.2) is 53.6 Å². The smallest absolute Gasteiger partial charge is 0.387 e. The van der Waals surface area contributed by atoms with Crippen molar-refractivity contribution >= 4 is 11.6 Å². The topological polar surface area (TPSA) is 83.7 Å². The number of nitriles is 1. The second-order valence-corrected chi connectivity index (χ2v) is 5.47. The molecule has 140 valence electrons. The summed E-state index contributed by atoms with van der Waals surface area (Å²) >= 11 is 0. The molecule has 0 aromatic heterocycles. The van der Waals surface area contributed by atoms with Crippen LogP contribution >= 0.6 is 0 Å². The highest BCUT2D eigenvalue weighted by atomic mass is 19.3. The van der Waals surface area contributed by atoms with Crippen LogP contribution in [-0.4, -0.2) is 24.3 Å². The molecule has 6 nitrogen and oxygen atoms in total. The molecule has 0 saturated carbocycles. The average Bonchev–Trinajstić information content (AvgIpc) is 2.66. The Kier molecular flexibility index (Phi) is 6.83. The molecule has 2 aromatic rings. The van der Waals surface area contributed by atoms with Crippen LogP contribution in [0.25, 0.3) is 0 Å². The van der Waals surface area contributed by atoms with Crippen LogP contribution in [-0.2, 0) is 4.79 Å². The van der Waals surface area contributed by atoms with Crippen molar-refractivity contribution in [2.75, 3.05) is 0 Å². The van der Waals surface area contributed by atoms with Gasteiger partial charge in [0.15, 0.2) is 6.10 Å². The summed E-state index contributed by atoms with van der Waals surface area (Å²) in [6.45, 7) is 0.340. The van der Waals surface area contributed by atoms with Gasteiger partial charge in [-0.2, -0.15) is 19.1 Å². The number of nitrogens with one attached hydrogen (secondary N) is 1. The Balaban J connectivity index is 1.92. The van der Waals surface area contributed by atoms with Gasteiger partial charge < -0.3 is 9.47 Å². The molecule has 0 spiro atoms. The monoisotopic (exact) mass is 373 g/mol. The van der Waals surface area contributed by atoms with Gasteiger partial charge in [-0.25, -0.2) is 5.43 Å². The summed E-state index contributed by atoms with van der Waals surface area (Å²) in [5.41, 5.74) is 4.00. The zero-order valence-electron chi connectivity index (χ0n) is 14.6. The lowest BCUT2D eigenvalue weighted by molar-refractivity contribution is -0.127. The van der Waals surface area contributed by atoms with Crippen LogP contribution in [0.1, 0.15) is 25.0 Å². The van der Waals surface area contributed by atoms with Gasteiger partial charge in [0.25, 0.3) is 5.91 Å². The molecular formula is C19H17F2N3O3. The number of hydrogen-bond donors (Lipinski definition) is 1. The predicted octanol–water partition coefficient (Wildman–Crippen LogP) is 3.47. The summed E-state index contributed by atoms with van der Waals surface area (Å²) in [6, 6.07) is 14.2. The lowest BCUT2D eigenvalue weighted by Gasteiger charge is -2.13. The van der Waals surface area contributed by atoms with E-state index in [-0.39, 0.29) is 5.75 Å². The summed E-state index contributed by atoms with van der Waals surface area (Å²) in [6.07, 6.45) is -0.809. The molecule has 0 aliphatic heterocycles. The third-order valence-corrected chi connectivity index (χ3v) is 3.50. The standard InChI is InChI=1S/C19H17F2N3O3/c1-12(15-5-9-17(10-6-15)27-19(20)21)23-24-18(25)13(2)26-16-7-3-14(11-22)4-8-16/h3-10,13,19H,1-2H3,(H,24,25)/b23-12+. The third kappa shape index (κ3) is 6.08. The maximum Gasteiger partial charge on any atom is 0.387 e. The Bertz CT molecular complexity index is 844. The van der Waals surface area contributed by atoms with Crippen molar-refractivity contribution < 1.29 is 23.0 Å². The number of carbonyl (C=O) groups excluding carboxylic acids is 1. The van der Waals surface area contributed by atoms with Gasteiger partial charge in [0.1, 0.15) is 11.5 Å². The van der Waals surface area contributed by atoms with E-state index in [2.05, 4.69) is 15.3 Å². The lowest BCUT2D eigenvalue weighted by Crippen LogP contribution is -2.33. The van der Waals surface area contributed by atoms with Crippen LogP contribution in [0.5, 0.6) is 11.5 Å². The number of rotatable bonds is 7. The highest BCUT2D eigenvalue weighted by Crippen LogP contribution is 2.16. The Morgan fingerprint density at radius 1 is 1.07 bits per heavy atom. The minimum atomic E-state index is -2.89. The lowest BCUT2D eigenvalue weighted by atomic mass is 10.1. The maximum absolute atomic E-state index is 12.1. The van der Waals surface area contributed by atoms with Crippen LogP contribution < -0.4 is 14.9 Å². The highest BCUT2D eigenvalue weighted by Gasteiger charge is 2.14. The number of alkyl halides is 2. The number of nitrogens with zero attached hydrogens (tertiary/aromatic N) is 2. The first-order chi connectivity index (χ1) is 12.9. The SMILES string of the molecule is C/C(=N\NC(=O)C(C)Oc1ccc(C#N)cc1)c1ccc(OC(F)F)cc1. The molecule has 0 heterocycles. The molecular weight excluding hydrogens is 356 g/mol. The Morgan fingerprint density at radius 3 is 2.19 bits per heavy atom. The van der Waals surface area contributed by atoms with E-state index in [0.29, 0.717) is 22.6 Å². The van der Waals surface area contributed by atoms with Gasteiger partial charge >= 0.3 is 6.61 Å². The number of amides is 1. The first-order valence-electron chi connectivity index (χ1n) is 7.95. The van der Waals surface area contributed by atoms with Gasteiger partial charge in [-0.1, -0.05) is 0 Å². The van der Waals surface area contributed by atoms with Gasteiger partial charge in [0.05, 0.1) is 17.3 Å². The van der Waals surface area contributed by atoms with Crippen molar-refractivity contribution in [1.82, 2.24) is 5.43 Å². The molecule has 0 saturated heterocycles. The van der Waals surface area contributed by atoms with Gasteiger partial charge in [0, 0.05) is 0 Å². The van der Waals surface area contributed by atoms with E-state index in [4.69, 9.17) is 10.00 Å². The maximum atomic E-state index is 12.1. The summed E-state index contributed by atoms with van der Waals surface area (Å²) in [4.78, 5) is 12.1. The fraction of sp³-hybridized carbons (Fsp3) is 0.211. The van der Waals surface area contributed by atoms with E-state index < -0.39 is 18.6 Å². The van der Waals surface area contributed by atoms with Crippen molar-refractivity contribution in [3.63, 3.8) is 0 Å². The molecule has 1 atom stereocenters. The highest BCUT2D eigenvalue weighted by molar-refractivity contribution is 5.99. The van der Waals surface area contributed by atoms with Gasteiger partial charge in [-0.05, 0) is 67.9 Å².